The first kappa shape index (κ1) is 23.2. The number of thiazole rings is 1. The van der Waals surface area contributed by atoms with E-state index in [1.165, 1.54) is 17.4 Å². The number of nitriles is 1. The summed E-state index contributed by atoms with van der Waals surface area (Å²) in [6, 6.07) is 7.75. The summed E-state index contributed by atoms with van der Waals surface area (Å²) in [5.41, 5.74) is 1.71. The number of rotatable bonds is 7. The van der Waals surface area contributed by atoms with Crippen LogP contribution < -0.4 is 5.32 Å². The van der Waals surface area contributed by atoms with Gasteiger partial charge in [0.05, 0.1) is 28.8 Å². The molecule has 2 aliphatic carbocycles. The number of fused-ring (bicyclic) bond motifs is 1. The summed E-state index contributed by atoms with van der Waals surface area (Å²) in [6.45, 7) is 0. The topological polar surface area (TPSA) is 114 Å². The summed E-state index contributed by atoms with van der Waals surface area (Å²) in [4.78, 5) is 16.7. The molecule has 0 radical (unpaired) electrons. The van der Waals surface area contributed by atoms with E-state index in [2.05, 4.69) is 31.3 Å². The standard InChI is InChI=1S/C23H18F3N5O3S/c24-23(25,26)34-15-4-1-13(2-5-15)14-3-6-16-17(9-14)35-21(28-16)11-20-31-30-19(33-20)10-18(32)29-22(12-27)7-8-22/h1-4,6,9,15H,5,7-8,10-11H2,(H,29,32). The molecular formula is C23H18F3N5O3S. The van der Waals surface area contributed by atoms with Gasteiger partial charge < -0.3 is 9.73 Å². The third-order valence-electron chi connectivity index (χ3n) is 5.58. The fourth-order valence-electron chi connectivity index (χ4n) is 3.70. The Kier molecular flexibility index (Phi) is 5.90. The van der Waals surface area contributed by atoms with Crippen LogP contribution >= 0.6 is 11.3 Å². The van der Waals surface area contributed by atoms with Gasteiger partial charge >= 0.3 is 6.36 Å². The van der Waals surface area contributed by atoms with E-state index in [1.54, 1.807) is 12.2 Å². The minimum atomic E-state index is -4.67. The number of aromatic nitrogens is 3. The van der Waals surface area contributed by atoms with Crippen LogP contribution in [-0.2, 0) is 22.4 Å². The molecule has 0 bridgehead atoms. The lowest BCUT2D eigenvalue weighted by Crippen LogP contribution is -2.36. The molecule has 5 rings (SSSR count). The van der Waals surface area contributed by atoms with Gasteiger partial charge in [-0.1, -0.05) is 24.3 Å². The lowest BCUT2D eigenvalue weighted by atomic mass is 9.98. The van der Waals surface area contributed by atoms with Gasteiger partial charge in [0.1, 0.15) is 17.0 Å². The number of hydrogen-bond acceptors (Lipinski definition) is 8. The summed E-state index contributed by atoms with van der Waals surface area (Å²) in [5, 5.41) is 20.4. The number of allylic oxidation sites excluding steroid dienone is 2. The summed E-state index contributed by atoms with van der Waals surface area (Å²) < 4.78 is 47.7. The molecule has 1 amide bonds. The monoisotopic (exact) mass is 501 g/mol. The average molecular weight is 501 g/mol. The predicted molar refractivity (Wildman–Crippen MR) is 119 cm³/mol. The van der Waals surface area contributed by atoms with Crippen molar-refractivity contribution in [1.29, 1.82) is 5.26 Å². The van der Waals surface area contributed by atoms with E-state index in [0.29, 0.717) is 25.2 Å². The van der Waals surface area contributed by atoms with Crippen LogP contribution in [0.15, 0.2) is 40.8 Å². The molecule has 0 aliphatic heterocycles. The zero-order valence-electron chi connectivity index (χ0n) is 18.1. The quantitative estimate of drug-likeness (QED) is 0.515. The third kappa shape index (κ3) is 5.58. The van der Waals surface area contributed by atoms with Gasteiger partial charge in [0, 0.05) is 0 Å². The highest BCUT2D eigenvalue weighted by molar-refractivity contribution is 7.18. The van der Waals surface area contributed by atoms with Crippen molar-refractivity contribution in [2.24, 2.45) is 0 Å². The zero-order valence-corrected chi connectivity index (χ0v) is 18.9. The van der Waals surface area contributed by atoms with Gasteiger partial charge in [-0.3, -0.25) is 9.53 Å². The van der Waals surface area contributed by atoms with Crippen LogP contribution in [0.1, 0.15) is 41.6 Å². The van der Waals surface area contributed by atoms with Gasteiger partial charge in [0.2, 0.25) is 17.7 Å². The number of amides is 1. The van der Waals surface area contributed by atoms with Crippen LogP contribution in [0, 0.1) is 11.3 Å². The minimum Gasteiger partial charge on any atom is -0.424 e. The normalized spacial score (nSPS) is 18.8. The fourth-order valence-corrected chi connectivity index (χ4v) is 4.70. The first-order valence-electron chi connectivity index (χ1n) is 10.8. The zero-order chi connectivity index (χ0) is 24.6. The SMILES string of the molecule is N#CC1(NC(=O)Cc2nnc(Cc3nc4ccc(C5=CCC(OC(F)(F)F)C=C5)cc4s3)o2)CC1. The molecule has 12 heteroatoms. The van der Waals surface area contributed by atoms with Crippen molar-refractivity contribution in [3.63, 3.8) is 0 Å². The molecule has 1 unspecified atom stereocenters. The number of benzene rings is 1. The van der Waals surface area contributed by atoms with Crippen molar-refractivity contribution < 1.29 is 27.1 Å². The number of halogens is 3. The van der Waals surface area contributed by atoms with Crippen molar-refractivity contribution in [3.05, 3.63) is 58.8 Å². The Balaban J connectivity index is 1.22. The molecular weight excluding hydrogens is 483 g/mol. The highest BCUT2D eigenvalue weighted by Crippen LogP contribution is 2.34. The second-order valence-corrected chi connectivity index (χ2v) is 9.45. The molecule has 8 nitrogen and oxygen atoms in total. The number of alkyl halides is 3. The molecule has 2 aromatic heterocycles. The number of ether oxygens (including phenoxy) is 1. The van der Waals surface area contributed by atoms with Crippen LogP contribution in [-0.4, -0.2) is 39.1 Å². The highest BCUT2D eigenvalue weighted by Gasteiger charge is 2.44. The van der Waals surface area contributed by atoms with Crippen LogP contribution in [0.5, 0.6) is 0 Å². The number of carbonyl (C=O) groups excluding carboxylic acids is 1. The Morgan fingerprint density at radius 2 is 2.11 bits per heavy atom. The van der Waals surface area contributed by atoms with Gasteiger partial charge in [0.15, 0.2) is 0 Å². The molecule has 0 spiro atoms. The highest BCUT2D eigenvalue weighted by atomic mass is 32.1. The van der Waals surface area contributed by atoms with Crippen LogP contribution in [0.2, 0.25) is 0 Å². The van der Waals surface area contributed by atoms with E-state index >= 15 is 0 Å². The number of carbonyl (C=O) groups is 1. The Bertz CT molecular complexity index is 1380. The average Bonchev–Trinajstić information content (AvgIpc) is 3.24. The molecule has 1 aromatic carbocycles. The van der Waals surface area contributed by atoms with E-state index in [4.69, 9.17) is 9.68 Å². The fraction of sp³-hybridized carbons (Fsp3) is 0.348. The van der Waals surface area contributed by atoms with Crippen LogP contribution in [0.25, 0.3) is 15.8 Å². The first-order chi connectivity index (χ1) is 16.7. The van der Waals surface area contributed by atoms with Crippen molar-refractivity contribution in [2.45, 2.75) is 50.1 Å². The van der Waals surface area contributed by atoms with Gasteiger partial charge in [-0.25, -0.2) is 4.98 Å². The second kappa shape index (κ2) is 8.90. The van der Waals surface area contributed by atoms with E-state index in [-0.39, 0.29) is 24.6 Å². The molecule has 3 aromatic rings. The smallest absolute Gasteiger partial charge is 0.424 e. The maximum Gasteiger partial charge on any atom is 0.523 e. The molecule has 0 saturated heterocycles. The number of nitrogens with zero attached hydrogens (tertiary/aromatic N) is 4. The van der Waals surface area contributed by atoms with Crippen molar-refractivity contribution in [1.82, 2.24) is 20.5 Å². The van der Waals surface area contributed by atoms with Crippen LogP contribution in [0.4, 0.5) is 13.2 Å². The van der Waals surface area contributed by atoms with E-state index in [1.807, 2.05) is 18.2 Å². The second-order valence-electron chi connectivity index (χ2n) is 8.33. The van der Waals surface area contributed by atoms with Gasteiger partial charge in [-0.2, -0.15) is 5.26 Å². The van der Waals surface area contributed by atoms with E-state index in [9.17, 15) is 18.0 Å². The lowest BCUT2D eigenvalue weighted by Gasteiger charge is -2.18. The summed E-state index contributed by atoms with van der Waals surface area (Å²) in [7, 11) is 0. The summed E-state index contributed by atoms with van der Waals surface area (Å²) in [6.07, 6.45) is 0.675. The predicted octanol–water partition coefficient (Wildman–Crippen LogP) is 4.23. The molecule has 35 heavy (non-hydrogen) atoms. The van der Waals surface area contributed by atoms with Crippen molar-refractivity contribution in [3.8, 4) is 6.07 Å². The Labute approximate surface area is 201 Å². The maximum atomic E-state index is 12.4. The lowest BCUT2D eigenvalue weighted by molar-refractivity contribution is -0.335. The Morgan fingerprint density at radius 3 is 2.80 bits per heavy atom. The third-order valence-corrected chi connectivity index (χ3v) is 6.60. The number of hydrogen-bond donors (Lipinski definition) is 1. The largest absolute Gasteiger partial charge is 0.523 e. The number of nitrogens with one attached hydrogen (secondary N) is 1. The van der Waals surface area contributed by atoms with Gasteiger partial charge in [-0.15, -0.1) is 34.7 Å². The summed E-state index contributed by atoms with van der Waals surface area (Å²) in [5.74, 6) is 0.148. The Hall–Kier alpha value is -3.56. The Morgan fingerprint density at radius 1 is 1.31 bits per heavy atom. The van der Waals surface area contributed by atoms with E-state index in [0.717, 1.165) is 26.4 Å². The van der Waals surface area contributed by atoms with Gasteiger partial charge in [0.25, 0.3) is 0 Å². The molecule has 2 heterocycles. The molecule has 180 valence electrons. The van der Waals surface area contributed by atoms with Crippen molar-refractivity contribution >= 4 is 33.0 Å². The summed E-state index contributed by atoms with van der Waals surface area (Å²) >= 11 is 1.44. The van der Waals surface area contributed by atoms with E-state index < -0.39 is 18.0 Å². The molecule has 1 fully saturated rings. The van der Waals surface area contributed by atoms with Crippen molar-refractivity contribution in [2.75, 3.05) is 0 Å². The maximum absolute atomic E-state index is 12.4. The minimum absolute atomic E-state index is 0.100. The molecule has 1 N–H and O–H groups in total. The molecule has 1 saturated carbocycles. The molecule has 1 atom stereocenters. The molecule has 2 aliphatic rings. The van der Waals surface area contributed by atoms with Crippen LogP contribution in [0.3, 0.4) is 0 Å². The first-order valence-corrected chi connectivity index (χ1v) is 11.6. The van der Waals surface area contributed by atoms with Gasteiger partial charge in [-0.05, 0) is 42.5 Å².